The second kappa shape index (κ2) is 7.16. The highest BCUT2D eigenvalue weighted by Crippen LogP contribution is 2.21. The van der Waals surface area contributed by atoms with Crippen LogP contribution in [0.3, 0.4) is 0 Å². The van der Waals surface area contributed by atoms with Crippen molar-refractivity contribution < 1.29 is 14.7 Å². The van der Waals surface area contributed by atoms with Crippen LogP contribution in [0.15, 0.2) is 6.20 Å². The maximum Gasteiger partial charge on any atom is 0.303 e. The highest BCUT2D eigenvalue weighted by Gasteiger charge is 2.24. The molecule has 8 heteroatoms. The molecule has 0 spiro atoms. The van der Waals surface area contributed by atoms with E-state index in [-0.39, 0.29) is 24.8 Å². The summed E-state index contributed by atoms with van der Waals surface area (Å²) in [6.45, 7) is 1.80. The second-order valence-electron chi connectivity index (χ2n) is 5.39. The lowest BCUT2D eigenvalue weighted by Gasteiger charge is -2.32. The standard InChI is InChI=1S/C13H21N5O3/c14-6-11-8-18(16-15-11)9-12(19)17-5-1-2-10(7-17)3-4-13(20)21/h8,10H,1-7,9,14H2,(H,20,21). The van der Waals surface area contributed by atoms with Gasteiger partial charge in [-0.25, -0.2) is 4.68 Å². The maximum absolute atomic E-state index is 12.2. The molecular formula is C13H21N5O3. The Bertz CT molecular complexity index is 502. The fraction of sp³-hybridized carbons (Fsp3) is 0.692. The Labute approximate surface area is 122 Å². The second-order valence-corrected chi connectivity index (χ2v) is 5.39. The maximum atomic E-state index is 12.2. The third-order valence-corrected chi connectivity index (χ3v) is 3.73. The van der Waals surface area contributed by atoms with Crippen LogP contribution in [0, 0.1) is 5.92 Å². The molecule has 0 radical (unpaired) electrons. The van der Waals surface area contributed by atoms with E-state index in [1.54, 1.807) is 11.1 Å². The van der Waals surface area contributed by atoms with Gasteiger partial charge in [0.25, 0.3) is 0 Å². The van der Waals surface area contributed by atoms with E-state index in [0.717, 1.165) is 19.4 Å². The molecule has 1 aliphatic heterocycles. The molecule has 2 heterocycles. The number of aromatic nitrogens is 3. The quantitative estimate of drug-likeness (QED) is 0.753. The van der Waals surface area contributed by atoms with E-state index in [1.807, 2.05) is 0 Å². The zero-order chi connectivity index (χ0) is 15.2. The van der Waals surface area contributed by atoms with Gasteiger partial charge in [-0.15, -0.1) is 5.10 Å². The fourth-order valence-electron chi connectivity index (χ4n) is 2.60. The molecule has 0 bridgehead atoms. The van der Waals surface area contributed by atoms with Gasteiger partial charge in [-0.1, -0.05) is 5.21 Å². The summed E-state index contributed by atoms with van der Waals surface area (Å²) in [6.07, 6.45) is 4.36. The summed E-state index contributed by atoms with van der Waals surface area (Å²) in [5.41, 5.74) is 6.11. The van der Waals surface area contributed by atoms with Crippen LogP contribution in [0.4, 0.5) is 0 Å². The molecule has 0 aromatic carbocycles. The summed E-state index contributed by atoms with van der Waals surface area (Å²) >= 11 is 0. The predicted octanol–water partition coefficient (Wildman–Crippen LogP) is -0.160. The van der Waals surface area contributed by atoms with E-state index >= 15 is 0 Å². The van der Waals surface area contributed by atoms with Crippen molar-refractivity contribution in [3.63, 3.8) is 0 Å². The van der Waals surface area contributed by atoms with Gasteiger partial charge in [-0.2, -0.15) is 0 Å². The zero-order valence-corrected chi connectivity index (χ0v) is 11.9. The van der Waals surface area contributed by atoms with Crippen molar-refractivity contribution in [1.82, 2.24) is 19.9 Å². The van der Waals surface area contributed by atoms with Crippen LogP contribution < -0.4 is 5.73 Å². The monoisotopic (exact) mass is 295 g/mol. The zero-order valence-electron chi connectivity index (χ0n) is 11.9. The SMILES string of the molecule is NCc1cn(CC(=O)N2CCCC(CCC(=O)O)C2)nn1. The number of hydrogen-bond acceptors (Lipinski definition) is 5. The Morgan fingerprint density at radius 3 is 2.95 bits per heavy atom. The molecule has 116 valence electrons. The largest absolute Gasteiger partial charge is 0.481 e. The molecule has 1 aromatic heterocycles. The van der Waals surface area contributed by atoms with E-state index < -0.39 is 5.97 Å². The van der Waals surface area contributed by atoms with E-state index in [1.165, 1.54) is 4.68 Å². The summed E-state index contributed by atoms with van der Waals surface area (Å²) in [4.78, 5) is 24.7. The number of nitrogens with two attached hydrogens (primary N) is 1. The van der Waals surface area contributed by atoms with Crippen molar-refractivity contribution in [2.75, 3.05) is 13.1 Å². The lowest BCUT2D eigenvalue weighted by molar-refractivity contribution is -0.137. The van der Waals surface area contributed by atoms with Gasteiger partial charge in [-0.3, -0.25) is 9.59 Å². The lowest BCUT2D eigenvalue weighted by atomic mass is 9.93. The molecule has 1 amide bonds. The number of piperidine rings is 1. The topological polar surface area (TPSA) is 114 Å². The van der Waals surface area contributed by atoms with E-state index in [4.69, 9.17) is 10.8 Å². The number of carbonyl (C=O) groups is 2. The average Bonchev–Trinajstić information content (AvgIpc) is 2.93. The highest BCUT2D eigenvalue weighted by atomic mass is 16.4. The summed E-state index contributed by atoms with van der Waals surface area (Å²) in [6, 6.07) is 0. The van der Waals surface area contributed by atoms with Crippen molar-refractivity contribution in [2.24, 2.45) is 11.7 Å². The summed E-state index contributed by atoms with van der Waals surface area (Å²) in [7, 11) is 0. The third-order valence-electron chi connectivity index (χ3n) is 3.73. The number of amides is 1. The molecule has 2 rings (SSSR count). The van der Waals surface area contributed by atoms with Gasteiger partial charge in [0, 0.05) is 26.1 Å². The molecule has 1 saturated heterocycles. The molecule has 1 fully saturated rings. The summed E-state index contributed by atoms with van der Waals surface area (Å²) < 4.78 is 1.49. The first-order valence-corrected chi connectivity index (χ1v) is 7.17. The Kier molecular flexibility index (Phi) is 5.26. The van der Waals surface area contributed by atoms with Gasteiger partial charge in [0.1, 0.15) is 6.54 Å². The lowest BCUT2D eigenvalue weighted by Crippen LogP contribution is -2.41. The molecule has 1 aliphatic rings. The van der Waals surface area contributed by atoms with Crippen LogP contribution >= 0.6 is 0 Å². The number of carboxylic acid groups (broad SMARTS) is 1. The van der Waals surface area contributed by atoms with Gasteiger partial charge in [0.05, 0.1) is 11.9 Å². The Morgan fingerprint density at radius 2 is 2.29 bits per heavy atom. The molecule has 3 N–H and O–H groups in total. The summed E-state index contributed by atoms with van der Waals surface area (Å²) in [5.74, 6) is -0.520. The van der Waals surface area contributed by atoms with Crippen LogP contribution in [0.1, 0.15) is 31.4 Å². The molecule has 0 saturated carbocycles. The number of carbonyl (C=O) groups excluding carboxylic acids is 1. The first-order chi connectivity index (χ1) is 10.1. The summed E-state index contributed by atoms with van der Waals surface area (Å²) in [5, 5.41) is 16.4. The Hall–Kier alpha value is -1.96. The van der Waals surface area contributed by atoms with Crippen molar-refractivity contribution in [2.45, 2.75) is 38.8 Å². The van der Waals surface area contributed by atoms with Crippen LogP contribution in [0.2, 0.25) is 0 Å². The minimum absolute atomic E-state index is 0.0107. The number of carboxylic acids is 1. The van der Waals surface area contributed by atoms with Crippen LogP contribution in [-0.4, -0.2) is 50.0 Å². The van der Waals surface area contributed by atoms with Crippen LogP contribution in [0.5, 0.6) is 0 Å². The smallest absolute Gasteiger partial charge is 0.303 e. The van der Waals surface area contributed by atoms with Crippen LogP contribution in [-0.2, 0) is 22.7 Å². The highest BCUT2D eigenvalue weighted by molar-refractivity contribution is 5.76. The minimum atomic E-state index is -0.782. The number of hydrogen-bond donors (Lipinski definition) is 2. The third kappa shape index (κ3) is 4.52. The fourth-order valence-corrected chi connectivity index (χ4v) is 2.60. The van der Waals surface area contributed by atoms with Gasteiger partial charge in [0.15, 0.2) is 0 Å². The number of nitrogens with zero attached hydrogens (tertiary/aromatic N) is 4. The van der Waals surface area contributed by atoms with Gasteiger partial charge in [0.2, 0.25) is 5.91 Å². The average molecular weight is 295 g/mol. The number of likely N-dealkylation sites (tertiary alicyclic amines) is 1. The molecule has 0 aliphatic carbocycles. The molecule has 8 nitrogen and oxygen atoms in total. The van der Waals surface area contributed by atoms with Gasteiger partial charge in [-0.05, 0) is 25.2 Å². The van der Waals surface area contributed by atoms with Crippen molar-refractivity contribution in [1.29, 1.82) is 0 Å². The van der Waals surface area contributed by atoms with Gasteiger partial charge < -0.3 is 15.7 Å². The van der Waals surface area contributed by atoms with Crippen molar-refractivity contribution in [3.05, 3.63) is 11.9 Å². The Morgan fingerprint density at radius 1 is 1.48 bits per heavy atom. The normalized spacial score (nSPS) is 18.7. The van der Waals surface area contributed by atoms with E-state index in [2.05, 4.69) is 10.3 Å². The molecule has 1 aromatic rings. The van der Waals surface area contributed by atoms with E-state index in [9.17, 15) is 9.59 Å². The van der Waals surface area contributed by atoms with Gasteiger partial charge >= 0.3 is 5.97 Å². The van der Waals surface area contributed by atoms with Crippen molar-refractivity contribution >= 4 is 11.9 Å². The number of rotatable bonds is 6. The first-order valence-electron chi connectivity index (χ1n) is 7.17. The minimum Gasteiger partial charge on any atom is -0.481 e. The predicted molar refractivity (Wildman–Crippen MR) is 74.1 cm³/mol. The molecule has 1 unspecified atom stereocenters. The molecular weight excluding hydrogens is 274 g/mol. The molecule has 21 heavy (non-hydrogen) atoms. The van der Waals surface area contributed by atoms with Crippen molar-refractivity contribution in [3.8, 4) is 0 Å². The Balaban J connectivity index is 1.85. The molecule has 1 atom stereocenters. The van der Waals surface area contributed by atoms with Crippen LogP contribution in [0.25, 0.3) is 0 Å². The first kappa shape index (κ1) is 15.4. The van der Waals surface area contributed by atoms with E-state index in [0.29, 0.717) is 25.2 Å². The number of aliphatic carboxylic acids is 1.